The first kappa shape index (κ1) is 23.2. The summed E-state index contributed by atoms with van der Waals surface area (Å²) in [6, 6.07) is 8.18. The monoisotopic (exact) mass is 427 g/mol. The fourth-order valence-electron chi connectivity index (χ4n) is 4.81. The molecular formula is C26H31F2NO2. The molecule has 1 aromatic rings. The molecule has 2 fully saturated rings. The van der Waals surface area contributed by atoms with Crippen LogP contribution in [0.5, 0.6) is 0 Å². The maximum atomic E-state index is 13.1. The Hall–Kier alpha value is -2.48. The lowest BCUT2D eigenvalue weighted by atomic mass is 9.78. The van der Waals surface area contributed by atoms with Crippen LogP contribution in [0.4, 0.5) is 8.78 Å². The maximum Gasteiger partial charge on any atom is 0.309 e. The van der Waals surface area contributed by atoms with Crippen molar-refractivity contribution in [3.63, 3.8) is 0 Å². The molecule has 166 valence electrons. The lowest BCUT2D eigenvalue weighted by Crippen LogP contribution is -2.29. The van der Waals surface area contributed by atoms with E-state index in [1.54, 1.807) is 6.08 Å². The van der Waals surface area contributed by atoms with Crippen molar-refractivity contribution in [2.24, 2.45) is 11.8 Å². The molecule has 3 nitrogen and oxygen atoms in total. The fourth-order valence-corrected chi connectivity index (χ4v) is 4.81. The van der Waals surface area contributed by atoms with Crippen molar-refractivity contribution in [2.45, 2.75) is 76.2 Å². The molecule has 0 saturated heterocycles. The third-order valence-corrected chi connectivity index (χ3v) is 6.71. The van der Waals surface area contributed by atoms with Gasteiger partial charge in [0.1, 0.15) is 18.0 Å². The minimum atomic E-state index is -0.775. The average molecular weight is 428 g/mol. The Morgan fingerprint density at radius 2 is 1.74 bits per heavy atom. The molecule has 1 aromatic carbocycles. The summed E-state index contributed by atoms with van der Waals surface area (Å²) in [5.74, 6) is -0.0360. The van der Waals surface area contributed by atoms with Crippen LogP contribution in [-0.4, -0.2) is 12.1 Å². The largest absolute Gasteiger partial charge is 0.462 e. The highest BCUT2D eigenvalue weighted by Gasteiger charge is 2.31. The summed E-state index contributed by atoms with van der Waals surface area (Å²) in [5.41, 5.74) is 1.16. The van der Waals surface area contributed by atoms with E-state index in [1.807, 2.05) is 18.2 Å². The van der Waals surface area contributed by atoms with Gasteiger partial charge in [0.2, 0.25) is 0 Å². The molecule has 0 atom stereocenters. The summed E-state index contributed by atoms with van der Waals surface area (Å²) >= 11 is 0. The van der Waals surface area contributed by atoms with Gasteiger partial charge in [-0.2, -0.15) is 9.65 Å². The molecule has 2 aliphatic carbocycles. The van der Waals surface area contributed by atoms with Gasteiger partial charge in [0.05, 0.1) is 5.92 Å². The van der Waals surface area contributed by atoms with Crippen LogP contribution in [0, 0.1) is 29.0 Å². The van der Waals surface area contributed by atoms with E-state index in [0.717, 1.165) is 69.8 Å². The van der Waals surface area contributed by atoms with Crippen molar-refractivity contribution >= 4 is 5.97 Å². The minimum Gasteiger partial charge on any atom is -0.462 e. The number of carbonyl (C=O) groups is 1. The number of allylic oxidation sites excluding steroid dienone is 4. The Bertz CT molecular complexity index is 809. The summed E-state index contributed by atoms with van der Waals surface area (Å²) < 4.78 is 31.6. The normalized spacial score (nSPS) is 27.1. The molecule has 0 amide bonds. The first-order chi connectivity index (χ1) is 15.0. The van der Waals surface area contributed by atoms with Crippen LogP contribution in [0.15, 0.2) is 48.3 Å². The number of hydrogen-bond donors (Lipinski definition) is 0. The smallest absolute Gasteiger partial charge is 0.309 e. The first-order valence-corrected chi connectivity index (χ1v) is 11.4. The van der Waals surface area contributed by atoms with Crippen LogP contribution < -0.4 is 0 Å². The molecule has 0 aliphatic heterocycles. The van der Waals surface area contributed by atoms with E-state index in [4.69, 9.17) is 10.00 Å². The summed E-state index contributed by atoms with van der Waals surface area (Å²) in [6.07, 6.45) is 14.1. The summed E-state index contributed by atoms with van der Waals surface area (Å²) in [6.45, 7) is 0. The van der Waals surface area contributed by atoms with Gasteiger partial charge in [-0.25, -0.2) is 4.39 Å². The van der Waals surface area contributed by atoms with Gasteiger partial charge in [-0.05, 0) is 99.8 Å². The SMILES string of the molecule is N#CC(F)=CC=CCCC1CCC(OC(=O)C2CCC(c3ccc(F)cc3)CC2)CC1. The molecule has 3 rings (SSSR count). The number of carbonyl (C=O) groups excluding carboxylic acids is 1. The van der Waals surface area contributed by atoms with Gasteiger partial charge in [-0.15, -0.1) is 0 Å². The number of esters is 1. The number of halogens is 2. The minimum absolute atomic E-state index is 0.0126. The first-order valence-electron chi connectivity index (χ1n) is 11.4. The summed E-state index contributed by atoms with van der Waals surface area (Å²) in [5, 5.41) is 8.36. The Morgan fingerprint density at radius 1 is 1.06 bits per heavy atom. The molecule has 31 heavy (non-hydrogen) atoms. The highest BCUT2D eigenvalue weighted by atomic mass is 19.1. The highest BCUT2D eigenvalue weighted by molar-refractivity contribution is 5.72. The average Bonchev–Trinajstić information content (AvgIpc) is 2.80. The molecule has 0 unspecified atom stereocenters. The third-order valence-electron chi connectivity index (χ3n) is 6.71. The van der Waals surface area contributed by atoms with Gasteiger partial charge in [0.15, 0.2) is 5.83 Å². The standard InChI is InChI=1S/C26H31F2NO2/c27-23-14-12-21(13-15-23)20-8-10-22(11-9-20)26(30)31-25-16-6-19(7-17-25)4-2-1-3-5-24(28)18-29/h1,3,5,12-15,19-20,22,25H,2,4,6-11,16-17H2. The van der Waals surface area contributed by atoms with E-state index in [-0.39, 0.29) is 23.8 Å². The van der Waals surface area contributed by atoms with Crippen LogP contribution in [0.25, 0.3) is 0 Å². The number of ether oxygens (including phenoxy) is 1. The highest BCUT2D eigenvalue weighted by Crippen LogP contribution is 2.37. The molecule has 0 spiro atoms. The lowest BCUT2D eigenvalue weighted by Gasteiger charge is -2.31. The van der Waals surface area contributed by atoms with Gasteiger partial charge in [-0.3, -0.25) is 4.79 Å². The summed E-state index contributed by atoms with van der Waals surface area (Å²) in [7, 11) is 0. The second kappa shape index (κ2) is 11.8. The zero-order chi connectivity index (χ0) is 22.1. The molecule has 5 heteroatoms. The van der Waals surface area contributed by atoms with Crippen LogP contribution in [-0.2, 0) is 9.53 Å². The number of rotatable bonds is 7. The Kier molecular flexibility index (Phi) is 8.82. The van der Waals surface area contributed by atoms with Crippen LogP contribution in [0.3, 0.4) is 0 Å². The van der Waals surface area contributed by atoms with E-state index in [0.29, 0.717) is 11.8 Å². The molecule has 2 saturated carbocycles. The van der Waals surface area contributed by atoms with Crippen molar-refractivity contribution in [1.82, 2.24) is 0 Å². The number of benzene rings is 1. The van der Waals surface area contributed by atoms with Gasteiger partial charge in [0.25, 0.3) is 0 Å². The van der Waals surface area contributed by atoms with E-state index in [2.05, 4.69) is 0 Å². The Morgan fingerprint density at radius 3 is 2.39 bits per heavy atom. The number of nitrogens with zero attached hydrogens (tertiary/aromatic N) is 1. The third kappa shape index (κ3) is 7.31. The second-order valence-electron chi connectivity index (χ2n) is 8.81. The van der Waals surface area contributed by atoms with E-state index < -0.39 is 5.83 Å². The molecule has 0 aromatic heterocycles. The predicted molar refractivity (Wildman–Crippen MR) is 116 cm³/mol. The van der Waals surface area contributed by atoms with E-state index in [9.17, 15) is 13.6 Å². The van der Waals surface area contributed by atoms with Crippen LogP contribution >= 0.6 is 0 Å². The van der Waals surface area contributed by atoms with E-state index in [1.165, 1.54) is 24.3 Å². The number of hydrogen-bond acceptors (Lipinski definition) is 3. The lowest BCUT2D eigenvalue weighted by molar-refractivity contribution is -0.157. The Balaban J connectivity index is 1.33. The molecule has 0 radical (unpaired) electrons. The molecule has 0 N–H and O–H groups in total. The van der Waals surface area contributed by atoms with Crippen molar-refractivity contribution in [3.05, 3.63) is 59.7 Å². The van der Waals surface area contributed by atoms with Gasteiger partial charge in [0, 0.05) is 0 Å². The molecule has 2 aliphatic rings. The molecule has 0 heterocycles. The predicted octanol–water partition coefficient (Wildman–Crippen LogP) is 6.91. The molecular weight excluding hydrogens is 396 g/mol. The van der Waals surface area contributed by atoms with Crippen LogP contribution in [0.1, 0.15) is 75.7 Å². The van der Waals surface area contributed by atoms with Crippen LogP contribution in [0.2, 0.25) is 0 Å². The van der Waals surface area contributed by atoms with Gasteiger partial charge >= 0.3 is 5.97 Å². The van der Waals surface area contributed by atoms with Crippen molar-refractivity contribution < 1.29 is 18.3 Å². The summed E-state index contributed by atoms with van der Waals surface area (Å²) in [4.78, 5) is 12.6. The maximum absolute atomic E-state index is 13.1. The zero-order valence-corrected chi connectivity index (χ0v) is 17.9. The quantitative estimate of drug-likeness (QED) is 0.270. The van der Waals surface area contributed by atoms with Crippen molar-refractivity contribution in [2.75, 3.05) is 0 Å². The van der Waals surface area contributed by atoms with Crippen molar-refractivity contribution in [3.8, 4) is 6.07 Å². The topological polar surface area (TPSA) is 50.1 Å². The van der Waals surface area contributed by atoms with Gasteiger partial charge in [-0.1, -0.05) is 24.3 Å². The second-order valence-corrected chi connectivity index (χ2v) is 8.81. The van der Waals surface area contributed by atoms with Gasteiger partial charge < -0.3 is 4.74 Å². The Labute approximate surface area is 183 Å². The van der Waals surface area contributed by atoms with Crippen molar-refractivity contribution in [1.29, 1.82) is 5.26 Å². The zero-order valence-electron chi connectivity index (χ0n) is 17.9. The van der Waals surface area contributed by atoms with E-state index >= 15 is 0 Å². The molecule has 0 bridgehead atoms. The fraction of sp³-hybridized carbons (Fsp3) is 0.538. The number of nitriles is 1.